The number of anilines is 1. The molecular formula is C10H17N3O4S3. The first-order valence-corrected chi connectivity index (χ1v) is 9.16. The molecule has 0 saturated carbocycles. The topological polar surface area (TPSA) is 101 Å². The number of rotatable bonds is 7. The average Bonchev–Trinajstić information content (AvgIpc) is 2.82. The summed E-state index contributed by atoms with van der Waals surface area (Å²) in [5.74, 6) is 0. The van der Waals surface area contributed by atoms with Crippen LogP contribution in [0.25, 0.3) is 0 Å². The Hall–Kier alpha value is -0.840. The minimum atomic E-state index is -3.74. The largest absolute Gasteiger partial charge is 0.374 e. The summed E-state index contributed by atoms with van der Waals surface area (Å²) in [5, 5.41) is 13.7. The Morgan fingerprint density at radius 2 is 2.10 bits per heavy atom. The Morgan fingerprint density at radius 1 is 1.50 bits per heavy atom. The molecule has 1 heterocycles. The van der Waals surface area contributed by atoms with Gasteiger partial charge < -0.3 is 5.32 Å². The quantitative estimate of drug-likeness (QED) is 0.583. The number of nitro groups is 1. The number of nitrogens with zero attached hydrogens (tertiary/aromatic N) is 1. The Kier molecular flexibility index (Phi) is 5.41. The van der Waals surface area contributed by atoms with Crippen LogP contribution < -0.4 is 10.0 Å². The molecule has 0 aliphatic carbocycles. The number of thioether (sulfide) groups is 1. The molecular weight excluding hydrogens is 322 g/mol. The van der Waals surface area contributed by atoms with Gasteiger partial charge in [-0.15, -0.1) is 0 Å². The van der Waals surface area contributed by atoms with Crippen LogP contribution in [0.2, 0.25) is 0 Å². The maximum absolute atomic E-state index is 12.1. The summed E-state index contributed by atoms with van der Waals surface area (Å²) in [5.41, 5.74) is -0.234. The van der Waals surface area contributed by atoms with Crippen LogP contribution in [0.3, 0.4) is 0 Å². The molecule has 10 heteroatoms. The van der Waals surface area contributed by atoms with Crippen molar-refractivity contribution in [1.82, 2.24) is 4.72 Å². The van der Waals surface area contributed by atoms with Crippen LogP contribution in [0.1, 0.15) is 13.8 Å². The van der Waals surface area contributed by atoms with Crippen molar-refractivity contribution in [2.24, 2.45) is 0 Å². The lowest BCUT2D eigenvalue weighted by Crippen LogP contribution is -2.35. The molecule has 0 radical (unpaired) electrons. The summed E-state index contributed by atoms with van der Waals surface area (Å²) < 4.78 is 26.4. The zero-order valence-electron chi connectivity index (χ0n) is 11.6. The fraction of sp³-hybridized carbons (Fsp3) is 0.600. The molecule has 7 nitrogen and oxygen atoms in total. The molecule has 0 fully saturated rings. The molecule has 1 aromatic heterocycles. The van der Waals surface area contributed by atoms with Crippen molar-refractivity contribution < 1.29 is 13.3 Å². The van der Waals surface area contributed by atoms with Crippen LogP contribution in [-0.4, -0.2) is 37.9 Å². The molecule has 1 aromatic rings. The molecule has 0 aromatic carbocycles. The van der Waals surface area contributed by atoms with Gasteiger partial charge in [0.1, 0.15) is 4.21 Å². The summed E-state index contributed by atoms with van der Waals surface area (Å²) in [4.78, 5) is 10.2. The van der Waals surface area contributed by atoms with E-state index in [4.69, 9.17) is 0 Å². The van der Waals surface area contributed by atoms with Gasteiger partial charge in [-0.1, -0.05) is 11.3 Å². The molecule has 0 unspecified atom stereocenters. The lowest BCUT2D eigenvalue weighted by atomic mass is 10.2. The SMILES string of the molecule is CNc1sc(S(=O)(=O)NCC(C)(C)SC)cc1[N+](=O)[O-]. The Morgan fingerprint density at radius 3 is 2.50 bits per heavy atom. The van der Waals surface area contributed by atoms with Gasteiger partial charge in [0.05, 0.1) is 4.92 Å². The number of hydrogen-bond donors (Lipinski definition) is 2. The highest BCUT2D eigenvalue weighted by atomic mass is 32.2. The van der Waals surface area contributed by atoms with Gasteiger partial charge in [-0.3, -0.25) is 10.1 Å². The predicted octanol–water partition coefficient (Wildman–Crippen LogP) is 2.12. The van der Waals surface area contributed by atoms with Crippen LogP contribution >= 0.6 is 23.1 Å². The summed E-state index contributed by atoms with van der Waals surface area (Å²) >= 11 is 2.38. The second-order valence-electron chi connectivity index (χ2n) is 4.58. The maximum Gasteiger partial charge on any atom is 0.304 e. The van der Waals surface area contributed by atoms with E-state index in [2.05, 4.69) is 10.0 Å². The van der Waals surface area contributed by atoms with E-state index in [0.717, 1.165) is 17.4 Å². The van der Waals surface area contributed by atoms with Crippen LogP contribution in [0, 0.1) is 10.1 Å². The molecule has 0 saturated heterocycles. The van der Waals surface area contributed by atoms with Crippen molar-refractivity contribution in [2.45, 2.75) is 22.8 Å². The molecule has 0 aliphatic rings. The maximum atomic E-state index is 12.1. The van der Waals surface area contributed by atoms with Gasteiger partial charge in [-0.05, 0) is 20.1 Å². The molecule has 1 rings (SSSR count). The van der Waals surface area contributed by atoms with Crippen molar-refractivity contribution in [3.8, 4) is 0 Å². The number of hydrogen-bond acceptors (Lipinski definition) is 7. The first-order chi connectivity index (χ1) is 9.13. The van der Waals surface area contributed by atoms with E-state index in [-0.39, 0.29) is 26.2 Å². The van der Waals surface area contributed by atoms with E-state index >= 15 is 0 Å². The lowest BCUT2D eigenvalue weighted by molar-refractivity contribution is -0.383. The van der Waals surface area contributed by atoms with Gasteiger partial charge >= 0.3 is 5.69 Å². The highest BCUT2D eigenvalue weighted by molar-refractivity contribution is 8.00. The molecule has 0 bridgehead atoms. The molecule has 20 heavy (non-hydrogen) atoms. The van der Waals surface area contributed by atoms with E-state index in [1.54, 1.807) is 0 Å². The average molecular weight is 339 g/mol. The predicted molar refractivity (Wildman–Crippen MR) is 83.3 cm³/mol. The van der Waals surface area contributed by atoms with Crippen molar-refractivity contribution in [3.63, 3.8) is 0 Å². The molecule has 0 atom stereocenters. The van der Waals surface area contributed by atoms with E-state index < -0.39 is 14.9 Å². The third kappa shape index (κ3) is 4.08. The standard InChI is InChI=1S/C10H17N3O4S3/c1-10(2,18-4)6-12-20(16,17)8-5-7(13(14)15)9(11-3)19-8/h5,11-12H,6H2,1-4H3. The Labute approximate surface area is 126 Å². The molecule has 114 valence electrons. The molecule has 0 aliphatic heterocycles. The first kappa shape index (κ1) is 17.2. The molecule has 2 N–H and O–H groups in total. The summed E-state index contributed by atoms with van der Waals surface area (Å²) in [6.07, 6.45) is 1.89. The second-order valence-corrected chi connectivity index (χ2v) is 9.13. The lowest BCUT2D eigenvalue weighted by Gasteiger charge is -2.21. The summed E-state index contributed by atoms with van der Waals surface area (Å²) in [6.45, 7) is 4.07. The highest BCUT2D eigenvalue weighted by Crippen LogP contribution is 2.36. The molecule has 0 amide bonds. The van der Waals surface area contributed by atoms with Crippen LogP contribution in [0.5, 0.6) is 0 Å². The summed E-state index contributed by atoms with van der Waals surface area (Å²) in [6, 6.07) is 1.07. The fourth-order valence-corrected chi connectivity index (χ4v) is 4.06. The van der Waals surface area contributed by atoms with Gasteiger partial charge in [0, 0.05) is 24.4 Å². The minimum Gasteiger partial charge on any atom is -0.374 e. The minimum absolute atomic E-state index is 0.0644. The van der Waals surface area contributed by atoms with E-state index in [0.29, 0.717) is 0 Å². The number of thiophene rings is 1. The number of nitrogens with one attached hydrogen (secondary N) is 2. The first-order valence-electron chi connectivity index (χ1n) is 5.64. The van der Waals surface area contributed by atoms with Gasteiger partial charge in [0.2, 0.25) is 10.0 Å². The van der Waals surface area contributed by atoms with Crippen LogP contribution in [0.15, 0.2) is 10.3 Å². The van der Waals surface area contributed by atoms with E-state index in [1.807, 2.05) is 20.1 Å². The Balaban J connectivity index is 3.02. The van der Waals surface area contributed by atoms with Crippen molar-refractivity contribution in [2.75, 3.05) is 25.2 Å². The second kappa shape index (κ2) is 6.29. The smallest absolute Gasteiger partial charge is 0.304 e. The zero-order valence-corrected chi connectivity index (χ0v) is 14.0. The van der Waals surface area contributed by atoms with Gasteiger partial charge in [0.15, 0.2) is 5.00 Å². The van der Waals surface area contributed by atoms with Crippen LogP contribution in [-0.2, 0) is 10.0 Å². The van der Waals surface area contributed by atoms with Crippen molar-refractivity contribution >= 4 is 43.8 Å². The Bertz CT molecular complexity index is 595. The zero-order chi connectivity index (χ0) is 15.6. The highest BCUT2D eigenvalue weighted by Gasteiger charge is 2.27. The van der Waals surface area contributed by atoms with Crippen molar-refractivity contribution in [1.29, 1.82) is 0 Å². The van der Waals surface area contributed by atoms with Crippen LogP contribution in [0.4, 0.5) is 10.7 Å². The van der Waals surface area contributed by atoms with E-state index in [9.17, 15) is 18.5 Å². The van der Waals surface area contributed by atoms with Crippen molar-refractivity contribution in [3.05, 3.63) is 16.2 Å². The van der Waals surface area contributed by atoms with Gasteiger partial charge in [0.25, 0.3) is 0 Å². The third-order valence-electron chi connectivity index (χ3n) is 2.62. The van der Waals surface area contributed by atoms with E-state index in [1.165, 1.54) is 18.8 Å². The van der Waals surface area contributed by atoms with Gasteiger partial charge in [-0.25, -0.2) is 13.1 Å². The normalized spacial score (nSPS) is 12.4. The summed E-state index contributed by atoms with van der Waals surface area (Å²) in [7, 11) is -2.22. The molecule has 0 spiro atoms. The van der Waals surface area contributed by atoms with Gasteiger partial charge in [-0.2, -0.15) is 11.8 Å². The number of sulfonamides is 1. The fourth-order valence-electron chi connectivity index (χ4n) is 1.22. The monoisotopic (exact) mass is 339 g/mol. The third-order valence-corrected chi connectivity index (χ3v) is 6.89.